The van der Waals surface area contributed by atoms with Crippen LogP contribution in [0.25, 0.3) is 10.9 Å². The summed E-state index contributed by atoms with van der Waals surface area (Å²) in [7, 11) is 1.41. The molecule has 17 heavy (non-hydrogen) atoms. The first-order valence-electron chi connectivity index (χ1n) is 4.58. The van der Waals surface area contributed by atoms with Crippen LogP contribution in [0, 0.1) is 0 Å². The van der Waals surface area contributed by atoms with Crippen LogP contribution in [-0.2, 0) is 7.05 Å². The number of nitrogens with zero attached hydrogens (tertiary/aromatic N) is 2. The molecule has 0 radical (unpaired) electrons. The highest BCUT2D eigenvalue weighted by atomic mass is 79.9. The zero-order chi connectivity index (χ0) is 12.7. The molecule has 0 saturated heterocycles. The van der Waals surface area contributed by atoms with Gasteiger partial charge in [-0.2, -0.15) is 4.57 Å². The smallest absolute Gasteiger partial charge is 0.422 e. The highest BCUT2D eigenvalue weighted by Gasteiger charge is 2.15. The maximum Gasteiger partial charge on any atom is 0.422 e. The van der Waals surface area contributed by atoms with Crippen LogP contribution in [0.3, 0.4) is 0 Å². The normalized spacial score (nSPS) is 10.7. The van der Waals surface area contributed by atoms with Crippen LogP contribution in [0.4, 0.5) is 4.79 Å². The largest absolute Gasteiger partial charge is 0.464 e. The summed E-state index contributed by atoms with van der Waals surface area (Å²) in [5, 5.41) is 9.00. The van der Waals surface area contributed by atoms with E-state index in [0.717, 1.165) is 4.57 Å². The second kappa shape index (κ2) is 3.85. The number of carboxylic acid groups (broad SMARTS) is 1. The van der Waals surface area contributed by atoms with Gasteiger partial charge in [-0.05, 0) is 18.2 Å². The van der Waals surface area contributed by atoms with Crippen LogP contribution < -0.4 is 11.2 Å². The molecule has 0 fully saturated rings. The van der Waals surface area contributed by atoms with Crippen LogP contribution in [-0.4, -0.2) is 20.3 Å². The van der Waals surface area contributed by atoms with Gasteiger partial charge in [-0.15, -0.1) is 0 Å². The lowest BCUT2D eigenvalue weighted by Gasteiger charge is -2.07. The number of hydrogen-bond donors (Lipinski definition) is 1. The maximum absolute atomic E-state index is 11.8. The molecule has 2 rings (SSSR count). The van der Waals surface area contributed by atoms with Gasteiger partial charge in [0.05, 0.1) is 10.9 Å². The lowest BCUT2D eigenvalue weighted by atomic mass is 10.2. The fraction of sp³-hybridized carbons (Fsp3) is 0.100. The number of aromatic nitrogens is 2. The molecular formula is C10H7BrN2O4. The summed E-state index contributed by atoms with van der Waals surface area (Å²) in [6.45, 7) is 0. The molecule has 0 unspecified atom stereocenters. The third kappa shape index (κ3) is 1.68. The minimum Gasteiger partial charge on any atom is -0.464 e. The lowest BCUT2D eigenvalue weighted by molar-refractivity contribution is 0.193. The van der Waals surface area contributed by atoms with Crippen molar-refractivity contribution in [1.82, 2.24) is 9.13 Å². The van der Waals surface area contributed by atoms with E-state index < -0.39 is 17.3 Å². The van der Waals surface area contributed by atoms with E-state index >= 15 is 0 Å². The van der Waals surface area contributed by atoms with Gasteiger partial charge in [0.2, 0.25) is 0 Å². The van der Waals surface area contributed by atoms with E-state index in [4.69, 9.17) is 5.11 Å². The Balaban J connectivity index is 3.11. The quantitative estimate of drug-likeness (QED) is 0.786. The first kappa shape index (κ1) is 11.6. The van der Waals surface area contributed by atoms with Crippen molar-refractivity contribution in [2.75, 3.05) is 0 Å². The number of halogens is 1. The Morgan fingerprint density at radius 3 is 2.59 bits per heavy atom. The predicted octanol–water partition coefficient (Wildman–Crippen LogP) is 0.989. The Labute approximate surface area is 103 Å². The average Bonchev–Trinajstić information content (AvgIpc) is 2.25. The summed E-state index contributed by atoms with van der Waals surface area (Å²) < 4.78 is 2.01. The van der Waals surface area contributed by atoms with E-state index in [0.29, 0.717) is 9.99 Å². The van der Waals surface area contributed by atoms with E-state index in [1.807, 2.05) is 0 Å². The fourth-order valence-electron chi connectivity index (χ4n) is 1.59. The maximum atomic E-state index is 11.8. The molecule has 7 heteroatoms. The Bertz CT molecular complexity index is 744. The summed E-state index contributed by atoms with van der Waals surface area (Å²) >= 11 is 3.22. The molecule has 2 aromatic rings. The van der Waals surface area contributed by atoms with Crippen molar-refractivity contribution in [3.8, 4) is 0 Å². The van der Waals surface area contributed by atoms with Gasteiger partial charge in [-0.1, -0.05) is 15.9 Å². The molecule has 0 aliphatic carbocycles. The zero-order valence-electron chi connectivity index (χ0n) is 8.68. The van der Waals surface area contributed by atoms with Gasteiger partial charge in [0.15, 0.2) is 0 Å². The fourth-order valence-corrected chi connectivity index (χ4v) is 1.94. The molecule has 1 aromatic carbocycles. The molecule has 0 atom stereocenters. The molecule has 88 valence electrons. The molecule has 1 N–H and O–H groups in total. The molecule has 0 amide bonds. The van der Waals surface area contributed by atoms with E-state index in [1.165, 1.54) is 13.1 Å². The molecule has 1 aromatic heterocycles. The predicted molar refractivity (Wildman–Crippen MR) is 64.6 cm³/mol. The summed E-state index contributed by atoms with van der Waals surface area (Å²) in [4.78, 5) is 34.3. The standard InChI is InChI=1S/C10H7BrN2O4/c1-12-7-4-5(11)2-3-6(7)8(14)13(9(12)15)10(16)17/h2-4H,1H3,(H,16,17). The van der Waals surface area contributed by atoms with E-state index in [2.05, 4.69) is 15.9 Å². The highest BCUT2D eigenvalue weighted by molar-refractivity contribution is 9.10. The number of benzene rings is 1. The summed E-state index contributed by atoms with van der Waals surface area (Å²) in [5.41, 5.74) is -1.33. The zero-order valence-corrected chi connectivity index (χ0v) is 10.3. The van der Waals surface area contributed by atoms with Gasteiger partial charge in [-0.3, -0.25) is 9.36 Å². The van der Waals surface area contributed by atoms with Crippen molar-refractivity contribution < 1.29 is 9.90 Å². The van der Waals surface area contributed by atoms with Crippen molar-refractivity contribution in [3.63, 3.8) is 0 Å². The highest BCUT2D eigenvalue weighted by Crippen LogP contribution is 2.15. The van der Waals surface area contributed by atoms with Crippen LogP contribution in [0.15, 0.2) is 32.3 Å². The second-order valence-corrected chi connectivity index (χ2v) is 4.34. The number of fused-ring (bicyclic) bond motifs is 1. The first-order chi connectivity index (χ1) is 7.93. The van der Waals surface area contributed by atoms with Gasteiger partial charge in [-0.25, -0.2) is 9.59 Å². The second-order valence-electron chi connectivity index (χ2n) is 3.43. The molecule has 0 aliphatic heterocycles. The van der Waals surface area contributed by atoms with E-state index in [9.17, 15) is 14.4 Å². The SMILES string of the molecule is Cn1c(=O)n(C(=O)O)c(=O)c2ccc(Br)cc21. The number of rotatable bonds is 0. The van der Waals surface area contributed by atoms with Gasteiger partial charge in [0, 0.05) is 11.5 Å². The summed E-state index contributed by atoms with van der Waals surface area (Å²) in [6.07, 6.45) is -1.58. The Kier molecular flexibility index (Phi) is 2.62. The van der Waals surface area contributed by atoms with Gasteiger partial charge < -0.3 is 5.11 Å². The molecule has 0 aliphatic rings. The third-order valence-corrected chi connectivity index (χ3v) is 2.92. The average molecular weight is 299 g/mol. The van der Waals surface area contributed by atoms with Crippen molar-refractivity contribution in [1.29, 1.82) is 0 Å². The molecule has 0 bridgehead atoms. The Morgan fingerprint density at radius 1 is 1.35 bits per heavy atom. The van der Waals surface area contributed by atoms with Crippen molar-refractivity contribution in [2.24, 2.45) is 7.05 Å². The minimum absolute atomic E-state index is 0.178. The Hall–Kier alpha value is -1.89. The van der Waals surface area contributed by atoms with Crippen LogP contribution >= 0.6 is 15.9 Å². The van der Waals surface area contributed by atoms with E-state index in [-0.39, 0.29) is 9.95 Å². The van der Waals surface area contributed by atoms with E-state index in [1.54, 1.807) is 12.1 Å². The molecule has 0 spiro atoms. The van der Waals surface area contributed by atoms with Crippen molar-refractivity contribution >= 4 is 32.9 Å². The molecular weight excluding hydrogens is 292 g/mol. The lowest BCUT2D eigenvalue weighted by Crippen LogP contribution is -2.42. The topological polar surface area (TPSA) is 81.3 Å². The van der Waals surface area contributed by atoms with Crippen molar-refractivity contribution in [2.45, 2.75) is 0 Å². The molecule has 6 nitrogen and oxygen atoms in total. The van der Waals surface area contributed by atoms with Gasteiger partial charge in [0.1, 0.15) is 0 Å². The van der Waals surface area contributed by atoms with Crippen molar-refractivity contribution in [3.05, 3.63) is 43.5 Å². The van der Waals surface area contributed by atoms with Crippen LogP contribution in [0.5, 0.6) is 0 Å². The number of carbonyl (C=O) groups is 1. The Morgan fingerprint density at radius 2 is 2.00 bits per heavy atom. The summed E-state index contributed by atoms with van der Waals surface area (Å²) in [5.74, 6) is 0. The van der Waals surface area contributed by atoms with Crippen LogP contribution in [0.2, 0.25) is 0 Å². The van der Waals surface area contributed by atoms with Gasteiger partial charge >= 0.3 is 11.8 Å². The summed E-state index contributed by atoms with van der Waals surface area (Å²) in [6, 6.07) is 4.67. The number of aryl methyl sites for hydroxylation is 1. The van der Waals surface area contributed by atoms with Gasteiger partial charge in [0.25, 0.3) is 5.56 Å². The minimum atomic E-state index is -1.58. The molecule has 0 saturated carbocycles. The third-order valence-electron chi connectivity index (χ3n) is 2.42. The first-order valence-corrected chi connectivity index (χ1v) is 5.37. The van der Waals surface area contributed by atoms with Crippen LogP contribution in [0.1, 0.15) is 0 Å². The monoisotopic (exact) mass is 298 g/mol. The number of hydrogen-bond acceptors (Lipinski definition) is 3. The molecule has 1 heterocycles.